The zero-order valence-corrected chi connectivity index (χ0v) is 19.1. The molecule has 0 atom stereocenters. The van der Waals surface area contributed by atoms with E-state index in [-0.39, 0.29) is 13.2 Å². The van der Waals surface area contributed by atoms with Crippen molar-refractivity contribution in [2.75, 3.05) is 13.2 Å². The smallest absolute Gasteiger partial charge is 0.0471 e. The molecule has 2 N–H and O–H groups in total. The second-order valence-electron chi connectivity index (χ2n) is 8.57. The predicted octanol–water partition coefficient (Wildman–Crippen LogP) is 6.29. The van der Waals surface area contributed by atoms with Crippen LogP contribution >= 0.6 is 0 Å². The Bertz CT molecular complexity index is 1200. The van der Waals surface area contributed by atoms with E-state index < -0.39 is 0 Å². The molecule has 168 valence electrons. The van der Waals surface area contributed by atoms with E-state index in [1.807, 2.05) is 0 Å². The minimum atomic E-state index is 0.156. The molecule has 1 aliphatic carbocycles. The largest absolute Gasteiger partial charge is 0.396 e. The highest BCUT2D eigenvalue weighted by molar-refractivity contribution is 6.43. The highest BCUT2D eigenvalue weighted by Crippen LogP contribution is 2.56. The van der Waals surface area contributed by atoms with Crippen LogP contribution in [0.25, 0.3) is 22.3 Å². The van der Waals surface area contributed by atoms with Crippen LogP contribution in [-0.2, 0) is 12.8 Å². The summed E-state index contributed by atoms with van der Waals surface area (Å²) in [5, 5.41) is 18.6. The van der Waals surface area contributed by atoms with Gasteiger partial charge in [-0.05, 0) is 68.5 Å². The molecule has 0 heterocycles. The standard InChI is InChI=1S/C32H28O2/c33-21-19-23-11-15-27(16-12-23)31-29(25-7-3-1-4-8-25)32(30(31)26-9-5-2-6-10-26)28-17-13-24(14-18-28)20-22-34/h1-18,33-34H,19-22H2. The summed E-state index contributed by atoms with van der Waals surface area (Å²) in [5.74, 6) is 0. The molecule has 2 nitrogen and oxygen atoms in total. The molecule has 0 unspecified atom stereocenters. The molecule has 0 fully saturated rings. The number of hydrogen-bond donors (Lipinski definition) is 2. The van der Waals surface area contributed by atoms with Gasteiger partial charge in [0.2, 0.25) is 0 Å². The first-order chi connectivity index (χ1) is 16.8. The summed E-state index contributed by atoms with van der Waals surface area (Å²) in [5.41, 5.74) is 12.0. The maximum atomic E-state index is 9.32. The van der Waals surface area contributed by atoms with Gasteiger partial charge in [0.15, 0.2) is 0 Å². The molecule has 0 aromatic heterocycles. The monoisotopic (exact) mass is 444 g/mol. The van der Waals surface area contributed by atoms with E-state index >= 15 is 0 Å². The third kappa shape index (κ3) is 4.26. The van der Waals surface area contributed by atoms with Crippen LogP contribution < -0.4 is 0 Å². The Balaban J connectivity index is 1.70. The molecule has 34 heavy (non-hydrogen) atoms. The summed E-state index contributed by atoms with van der Waals surface area (Å²) < 4.78 is 0. The third-order valence-electron chi connectivity index (χ3n) is 6.41. The van der Waals surface area contributed by atoms with Crippen molar-refractivity contribution in [3.8, 4) is 0 Å². The van der Waals surface area contributed by atoms with Gasteiger partial charge in [-0.3, -0.25) is 0 Å². The molecule has 0 radical (unpaired) electrons. The minimum absolute atomic E-state index is 0.156. The lowest BCUT2D eigenvalue weighted by Crippen LogP contribution is -2.10. The molecule has 4 aromatic carbocycles. The van der Waals surface area contributed by atoms with Gasteiger partial charge in [0.1, 0.15) is 0 Å². The average molecular weight is 445 g/mol. The quantitative estimate of drug-likeness (QED) is 0.335. The number of aliphatic hydroxyl groups excluding tert-OH is 2. The number of rotatable bonds is 8. The van der Waals surface area contributed by atoms with E-state index in [0.717, 1.165) is 11.1 Å². The lowest BCUT2D eigenvalue weighted by molar-refractivity contribution is 0.299. The molecule has 4 aromatic rings. The van der Waals surface area contributed by atoms with Crippen molar-refractivity contribution in [1.82, 2.24) is 0 Å². The Kier molecular flexibility index (Phi) is 6.53. The lowest BCUT2D eigenvalue weighted by Gasteiger charge is -2.33. The number of hydrogen-bond acceptors (Lipinski definition) is 2. The van der Waals surface area contributed by atoms with Crippen molar-refractivity contribution < 1.29 is 10.2 Å². The fourth-order valence-electron chi connectivity index (χ4n) is 4.74. The van der Waals surface area contributed by atoms with Gasteiger partial charge in [-0.1, -0.05) is 109 Å². The van der Waals surface area contributed by atoms with Crippen LogP contribution in [0.5, 0.6) is 0 Å². The third-order valence-corrected chi connectivity index (χ3v) is 6.41. The van der Waals surface area contributed by atoms with Gasteiger partial charge in [-0.15, -0.1) is 0 Å². The van der Waals surface area contributed by atoms with Gasteiger partial charge < -0.3 is 10.2 Å². The van der Waals surface area contributed by atoms with Crippen LogP contribution in [0.4, 0.5) is 0 Å². The second kappa shape index (κ2) is 10.0. The van der Waals surface area contributed by atoms with Crippen LogP contribution in [0.2, 0.25) is 0 Å². The molecular weight excluding hydrogens is 416 g/mol. The zero-order valence-electron chi connectivity index (χ0n) is 19.1. The molecule has 0 saturated heterocycles. The Morgan fingerprint density at radius 1 is 0.353 bits per heavy atom. The van der Waals surface area contributed by atoms with Crippen molar-refractivity contribution in [3.63, 3.8) is 0 Å². The Morgan fingerprint density at radius 2 is 0.647 bits per heavy atom. The van der Waals surface area contributed by atoms with Crippen molar-refractivity contribution in [1.29, 1.82) is 0 Å². The van der Waals surface area contributed by atoms with Crippen LogP contribution in [0.3, 0.4) is 0 Å². The highest BCUT2D eigenvalue weighted by Gasteiger charge is 2.32. The summed E-state index contributed by atoms with van der Waals surface area (Å²) in [6.45, 7) is 0.311. The van der Waals surface area contributed by atoms with Crippen LogP contribution in [0, 0.1) is 0 Å². The maximum absolute atomic E-state index is 9.32. The van der Waals surface area contributed by atoms with Crippen molar-refractivity contribution in [2.45, 2.75) is 12.8 Å². The Labute approximate surface area is 201 Å². The van der Waals surface area contributed by atoms with Gasteiger partial charge >= 0.3 is 0 Å². The fourth-order valence-corrected chi connectivity index (χ4v) is 4.74. The molecule has 5 rings (SSSR count). The van der Waals surface area contributed by atoms with Crippen LogP contribution in [-0.4, -0.2) is 23.4 Å². The molecule has 1 aliphatic rings. The van der Waals surface area contributed by atoms with Crippen molar-refractivity contribution in [2.24, 2.45) is 0 Å². The highest BCUT2D eigenvalue weighted by atomic mass is 16.3. The van der Waals surface area contributed by atoms with E-state index in [4.69, 9.17) is 0 Å². The van der Waals surface area contributed by atoms with Gasteiger partial charge in [-0.25, -0.2) is 0 Å². The van der Waals surface area contributed by atoms with E-state index in [1.54, 1.807) is 0 Å². The second-order valence-corrected chi connectivity index (χ2v) is 8.57. The first-order valence-corrected chi connectivity index (χ1v) is 11.8. The van der Waals surface area contributed by atoms with Gasteiger partial charge in [0.25, 0.3) is 0 Å². The summed E-state index contributed by atoms with van der Waals surface area (Å²) in [6.07, 6.45) is 1.33. The topological polar surface area (TPSA) is 40.5 Å². The summed E-state index contributed by atoms with van der Waals surface area (Å²) in [6, 6.07) is 38.3. The first-order valence-electron chi connectivity index (χ1n) is 11.8. The van der Waals surface area contributed by atoms with Crippen LogP contribution in [0.1, 0.15) is 33.4 Å². The van der Waals surface area contributed by atoms with Gasteiger partial charge in [0.05, 0.1) is 0 Å². The molecule has 0 saturated carbocycles. The Morgan fingerprint density at radius 3 is 0.941 bits per heavy atom. The van der Waals surface area contributed by atoms with Gasteiger partial charge in [-0.2, -0.15) is 0 Å². The molecule has 0 spiro atoms. The SMILES string of the molecule is OCCc1ccc(C2=C(c3ccccc3)C(c3ccc(CCO)cc3)=C2c2ccccc2)cc1. The summed E-state index contributed by atoms with van der Waals surface area (Å²) >= 11 is 0. The molecule has 0 aliphatic heterocycles. The molecular formula is C32H28O2. The van der Waals surface area contributed by atoms with E-state index in [0.29, 0.717) is 12.8 Å². The van der Waals surface area contributed by atoms with Crippen molar-refractivity contribution in [3.05, 3.63) is 143 Å². The van der Waals surface area contributed by atoms with Gasteiger partial charge in [0, 0.05) is 13.2 Å². The maximum Gasteiger partial charge on any atom is 0.0471 e. The molecule has 0 amide bonds. The number of aliphatic hydroxyl groups is 2. The van der Waals surface area contributed by atoms with E-state index in [9.17, 15) is 10.2 Å². The van der Waals surface area contributed by atoms with Crippen LogP contribution in [0.15, 0.2) is 109 Å². The summed E-state index contributed by atoms with van der Waals surface area (Å²) in [7, 11) is 0. The average Bonchev–Trinajstić information content (AvgIpc) is 2.87. The van der Waals surface area contributed by atoms with E-state index in [2.05, 4.69) is 109 Å². The molecule has 0 bridgehead atoms. The zero-order chi connectivity index (χ0) is 23.3. The number of allylic oxidation sites excluding steroid dienone is 4. The Hall–Kier alpha value is -3.72. The normalized spacial score (nSPS) is 13.2. The van der Waals surface area contributed by atoms with E-state index in [1.165, 1.54) is 44.5 Å². The predicted molar refractivity (Wildman–Crippen MR) is 141 cm³/mol. The molecule has 2 heteroatoms. The summed E-state index contributed by atoms with van der Waals surface area (Å²) in [4.78, 5) is 0. The van der Waals surface area contributed by atoms with Crippen molar-refractivity contribution >= 4 is 22.3 Å². The minimum Gasteiger partial charge on any atom is -0.396 e. The first kappa shape index (κ1) is 22.1. The lowest BCUT2D eigenvalue weighted by atomic mass is 9.69. The number of benzene rings is 4. The fraction of sp³-hybridized carbons (Fsp3) is 0.125.